The number of allylic oxidation sites excluding steroid dienone is 2. The molecule has 0 amide bonds. The van der Waals surface area contributed by atoms with Crippen LogP contribution in [0.4, 0.5) is 0 Å². The van der Waals surface area contributed by atoms with Crippen LogP contribution >= 0.6 is 0 Å². The summed E-state index contributed by atoms with van der Waals surface area (Å²) in [6.07, 6.45) is 12.9. The summed E-state index contributed by atoms with van der Waals surface area (Å²) < 4.78 is 0. The highest BCUT2D eigenvalue weighted by atomic mass is 16.3. The smallest absolute Gasteiger partial charge is 0.0443 e. The fraction of sp³-hybridized carbons (Fsp3) is 0.500. The largest absolute Gasteiger partial charge is 0.396 e. The van der Waals surface area contributed by atoms with Gasteiger partial charge in [0, 0.05) is 13.2 Å². The molecule has 0 saturated heterocycles. The Morgan fingerprint density at radius 2 is 2.36 bits per heavy atom. The monoisotopic (exact) mass is 193 g/mol. The summed E-state index contributed by atoms with van der Waals surface area (Å²) in [5.74, 6) is 2.51. The third-order valence-electron chi connectivity index (χ3n) is 1.68. The molecule has 0 rings (SSSR count). The van der Waals surface area contributed by atoms with Crippen LogP contribution in [0.5, 0.6) is 0 Å². The molecule has 2 heteroatoms. The molecular formula is C12H19NO. The zero-order valence-corrected chi connectivity index (χ0v) is 8.79. The molecular weight excluding hydrogens is 174 g/mol. The van der Waals surface area contributed by atoms with Crippen molar-refractivity contribution in [2.75, 3.05) is 19.7 Å². The summed E-state index contributed by atoms with van der Waals surface area (Å²) in [6.45, 7) is 3.90. The van der Waals surface area contributed by atoms with Crippen molar-refractivity contribution in [1.82, 2.24) is 5.32 Å². The van der Waals surface area contributed by atoms with Gasteiger partial charge in [-0.15, -0.1) is 6.42 Å². The van der Waals surface area contributed by atoms with Gasteiger partial charge in [-0.25, -0.2) is 0 Å². The van der Waals surface area contributed by atoms with Crippen LogP contribution in [0.3, 0.4) is 0 Å². The highest BCUT2D eigenvalue weighted by molar-refractivity contribution is 5.28. The molecule has 0 atom stereocenters. The van der Waals surface area contributed by atoms with Gasteiger partial charge in [-0.1, -0.05) is 25.0 Å². The van der Waals surface area contributed by atoms with Gasteiger partial charge in [0.2, 0.25) is 0 Å². The second-order valence-electron chi connectivity index (χ2n) is 2.95. The molecule has 2 nitrogen and oxygen atoms in total. The van der Waals surface area contributed by atoms with Crippen molar-refractivity contribution in [3.63, 3.8) is 0 Å². The van der Waals surface area contributed by atoms with Crippen LogP contribution in [0, 0.1) is 12.3 Å². The van der Waals surface area contributed by atoms with E-state index in [2.05, 4.69) is 24.2 Å². The van der Waals surface area contributed by atoms with E-state index >= 15 is 0 Å². The maximum Gasteiger partial charge on any atom is 0.0443 e. The van der Waals surface area contributed by atoms with Crippen molar-refractivity contribution in [3.8, 4) is 12.3 Å². The van der Waals surface area contributed by atoms with Crippen LogP contribution in [-0.2, 0) is 0 Å². The first-order valence-electron chi connectivity index (χ1n) is 4.98. The van der Waals surface area contributed by atoms with Crippen LogP contribution in [0.1, 0.15) is 19.8 Å². The van der Waals surface area contributed by atoms with Gasteiger partial charge in [0.25, 0.3) is 0 Å². The predicted octanol–water partition coefficient (Wildman–Crippen LogP) is 1.48. The van der Waals surface area contributed by atoms with Crippen molar-refractivity contribution < 1.29 is 5.11 Å². The Kier molecular flexibility index (Phi) is 9.30. The molecule has 0 heterocycles. The van der Waals surface area contributed by atoms with Crippen molar-refractivity contribution in [2.45, 2.75) is 19.8 Å². The number of aliphatic hydroxyl groups is 1. The lowest BCUT2D eigenvalue weighted by atomic mass is 10.2. The lowest BCUT2D eigenvalue weighted by Gasteiger charge is -2.03. The van der Waals surface area contributed by atoms with Crippen LogP contribution < -0.4 is 5.32 Å². The van der Waals surface area contributed by atoms with E-state index in [0.717, 1.165) is 31.5 Å². The van der Waals surface area contributed by atoms with Gasteiger partial charge in [-0.2, -0.15) is 0 Å². The topological polar surface area (TPSA) is 32.3 Å². The van der Waals surface area contributed by atoms with Crippen LogP contribution in [0.25, 0.3) is 0 Å². The van der Waals surface area contributed by atoms with Gasteiger partial charge in [-0.3, -0.25) is 0 Å². The fourth-order valence-corrected chi connectivity index (χ4v) is 0.971. The minimum absolute atomic E-state index is 0.228. The summed E-state index contributed by atoms with van der Waals surface area (Å²) in [5, 5.41) is 11.8. The van der Waals surface area contributed by atoms with E-state index in [-0.39, 0.29) is 6.61 Å². The van der Waals surface area contributed by atoms with Crippen LogP contribution in [-0.4, -0.2) is 24.8 Å². The standard InChI is InChI=1S/C12H19NO/c1-3-5-8-12(7-4-2)11-13-9-6-10-14/h2,5,7-8,13-14H,3,6,9-11H2,1H3/b8-5-,12-7+. The first kappa shape index (κ1) is 13.0. The van der Waals surface area contributed by atoms with Crippen molar-refractivity contribution in [3.05, 3.63) is 23.8 Å². The SMILES string of the molecule is C#C/C=C(\C=C/CC)CNCCCO. The number of terminal acetylenes is 1. The second kappa shape index (κ2) is 10.0. The molecule has 14 heavy (non-hydrogen) atoms. The number of hydrogen-bond donors (Lipinski definition) is 2. The fourth-order valence-electron chi connectivity index (χ4n) is 0.971. The minimum atomic E-state index is 0.228. The van der Waals surface area contributed by atoms with E-state index in [4.69, 9.17) is 11.5 Å². The zero-order chi connectivity index (χ0) is 10.6. The summed E-state index contributed by atoms with van der Waals surface area (Å²) >= 11 is 0. The van der Waals surface area contributed by atoms with Crippen molar-refractivity contribution >= 4 is 0 Å². The quantitative estimate of drug-likeness (QED) is 0.365. The highest BCUT2D eigenvalue weighted by Crippen LogP contribution is 1.96. The Hall–Kier alpha value is -1.04. The molecule has 0 aromatic carbocycles. The molecule has 0 spiro atoms. The van der Waals surface area contributed by atoms with Crippen LogP contribution in [0.15, 0.2) is 23.8 Å². The maximum absolute atomic E-state index is 8.58. The molecule has 0 aromatic rings. The van der Waals surface area contributed by atoms with E-state index in [1.807, 2.05) is 6.08 Å². The molecule has 78 valence electrons. The summed E-state index contributed by atoms with van der Waals surface area (Å²) in [6, 6.07) is 0. The molecule has 0 saturated carbocycles. The molecule has 0 radical (unpaired) electrons. The Balaban J connectivity index is 3.82. The lowest BCUT2D eigenvalue weighted by Crippen LogP contribution is -2.18. The van der Waals surface area contributed by atoms with Gasteiger partial charge >= 0.3 is 0 Å². The highest BCUT2D eigenvalue weighted by Gasteiger charge is 1.90. The Bertz CT molecular complexity index is 223. The average molecular weight is 193 g/mol. The molecule has 0 aromatic heterocycles. The van der Waals surface area contributed by atoms with E-state index in [0.29, 0.717) is 0 Å². The third-order valence-corrected chi connectivity index (χ3v) is 1.68. The molecule has 0 aliphatic carbocycles. The number of rotatable bonds is 7. The van der Waals surface area contributed by atoms with Crippen molar-refractivity contribution in [1.29, 1.82) is 0 Å². The molecule has 0 aliphatic heterocycles. The Morgan fingerprint density at radius 3 is 2.93 bits per heavy atom. The van der Waals surface area contributed by atoms with E-state index < -0.39 is 0 Å². The minimum Gasteiger partial charge on any atom is -0.396 e. The molecule has 0 aliphatic rings. The Morgan fingerprint density at radius 1 is 1.57 bits per heavy atom. The van der Waals surface area contributed by atoms with Gasteiger partial charge in [-0.05, 0) is 31.0 Å². The zero-order valence-electron chi connectivity index (χ0n) is 8.79. The molecule has 0 bridgehead atoms. The second-order valence-corrected chi connectivity index (χ2v) is 2.95. The van der Waals surface area contributed by atoms with E-state index in [9.17, 15) is 0 Å². The summed E-state index contributed by atoms with van der Waals surface area (Å²) in [4.78, 5) is 0. The van der Waals surface area contributed by atoms with Gasteiger partial charge in [0.15, 0.2) is 0 Å². The molecule has 0 unspecified atom stereocenters. The van der Waals surface area contributed by atoms with Crippen molar-refractivity contribution in [2.24, 2.45) is 0 Å². The third kappa shape index (κ3) is 7.60. The van der Waals surface area contributed by atoms with E-state index in [1.54, 1.807) is 6.08 Å². The normalized spacial score (nSPS) is 11.9. The first-order valence-corrected chi connectivity index (χ1v) is 4.98. The van der Waals surface area contributed by atoms with Gasteiger partial charge in [0.1, 0.15) is 0 Å². The molecule has 0 fully saturated rings. The van der Waals surface area contributed by atoms with Gasteiger partial charge in [0.05, 0.1) is 0 Å². The molecule has 2 N–H and O–H groups in total. The van der Waals surface area contributed by atoms with Crippen LogP contribution in [0.2, 0.25) is 0 Å². The Labute approximate surface area is 86.7 Å². The lowest BCUT2D eigenvalue weighted by molar-refractivity contribution is 0.287. The first-order chi connectivity index (χ1) is 6.85. The number of nitrogens with one attached hydrogen (secondary N) is 1. The van der Waals surface area contributed by atoms with Gasteiger partial charge < -0.3 is 10.4 Å². The number of hydrogen-bond acceptors (Lipinski definition) is 2. The average Bonchev–Trinajstić information content (AvgIpc) is 2.20. The summed E-state index contributed by atoms with van der Waals surface area (Å²) in [5.41, 5.74) is 1.10. The number of aliphatic hydroxyl groups excluding tert-OH is 1. The summed E-state index contributed by atoms with van der Waals surface area (Å²) in [7, 11) is 0. The predicted molar refractivity (Wildman–Crippen MR) is 60.9 cm³/mol. The maximum atomic E-state index is 8.58. The van der Waals surface area contributed by atoms with E-state index in [1.165, 1.54) is 0 Å².